The fraction of sp³-hybridized carbons (Fsp3) is 0.174. The van der Waals surface area contributed by atoms with Crippen molar-refractivity contribution in [1.29, 1.82) is 0 Å². The van der Waals surface area contributed by atoms with E-state index in [4.69, 9.17) is 20.9 Å². The molecule has 2 heterocycles. The van der Waals surface area contributed by atoms with Gasteiger partial charge in [0.2, 0.25) is 0 Å². The first-order chi connectivity index (χ1) is 15.8. The zero-order chi connectivity index (χ0) is 23.5. The third kappa shape index (κ3) is 4.88. The minimum atomic E-state index is -0.576. The summed E-state index contributed by atoms with van der Waals surface area (Å²) in [6.45, 7) is 3.38. The topological polar surface area (TPSA) is 82.2 Å². The highest BCUT2D eigenvalue weighted by Gasteiger charge is 2.22. The number of amides is 1. The zero-order valence-electron chi connectivity index (χ0n) is 17.7. The molecule has 0 radical (unpaired) electrons. The van der Waals surface area contributed by atoms with Crippen LogP contribution in [0.3, 0.4) is 0 Å². The molecule has 1 amide bonds. The number of anilines is 1. The summed E-state index contributed by atoms with van der Waals surface area (Å²) in [5, 5.41) is 11.1. The summed E-state index contributed by atoms with van der Waals surface area (Å²) in [6.07, 6.45) is 0. The molecule has 0 fully saturated rings. The summed E-state index contributed by atoms with van der Waals surface area (Å²) >= 11 is 6.10. The number of ether oxygens (including phenoxy) is 1. The molecule has 0 bridgehead atoms. The molecule has 4 rings (SSSR count). The van der Waals surface area contributed by atoms with Crippen LogP contribution in [0.5, 0.6) is 5.75 Å². The third-order valence-electron chi connectivity index (χ3n) is 5.00. The van der Waals surface area contributed by atoms with E-state index in [2.05, 4.69) is 15.6 Å². The van der Waals surface area contributed by atoms with Crippen LogP contribution in [0.2, 0.25) is 5.02 Å². The highest BCUT2D eigenvalue weighted by Crippen LogP contribution is 2.23. The monoisotopic (exact) mass is 472 g/mol. The molecule has 1 N–H and O–H groups in total. The summed E-state index contributed by atoms with van der Waals surface area (Å²) < 4.78 is 40.1. The molecule has 7 nitrogen and oxygen atoms in total. The maximum atomic E-state index is 14.1. The van der Waals surface area contributed by atoms with E-state index < -0.39 is 17.5 Å². The van der Waals surface area contributed by atoms with E-state index in [0.717, 1.165) is 0 Å². The van der Waals surface area contributed by atoms with Crippen LogP contribution < -0.4 is 10.1 Å². The van der Waals surface area contributed by atoms with Gasteiger partial charge >= 0.3 is 0 Å². The van der Waals surface area contributed by atoms with E-state index in [1.165, 1.54) is 28.9 Å². The number of nitrogens with one attached hydrogen (secondary N) is 1. The number of nitrogens with zero attached hydrogens (tertiary/aromatic N) is 3. The van der Waals surface area contributed by atoms with Crippen LogP contribution in [0.25, 0.3) is 0 Å². The predicted molar refractivity (Wildman–Crippen MR) is 117 cm³/mol. The van der Waals surface area contributed by atoms with Crippen LogP contribution in [0.15, 0.2) is 53.1 Å². The van der Waals surface area contributed by atoms with Crippen LogP contribution in [-0.4, -0.2) is 20.8 Å². The Hall–Kier alpha value is -3.72. The largest absolute Gasteiger partial charge is 0.486 e. The van der Waals surface area contributed by atoms with Gasteiger partial charge in [-0.25, -0.2) is 8.78 Å². The predicted octanol–water partition coefficient (Wildman–Crippen LogP) is 5.30. The molecule has 0 unspecified atom stereocenters. The molecule has 0 spiro atoms. The van der Waals surface area contributed by atoms with E-state index in [0.29, 0.717) is 22.6 Å². The van der Waals surface area contributed by atoms with Crippen molar-refractivity contribution in [2.45, 2.75) is 27.0 Å². The number of benzene rings is 2. The van der Waals surface area contributed by atoms with E-state index in [9.17, 15) is 13.6 Å². The number of hydrogen-bond donors (Lipinski definition) is 1. The van der Waals surface area contributed by atoms with Crippen LogP contribution in [0, 0.1) is 25.5 Å². The molecule has 0 saturated heterocycles. The fourth-order valence-electron chi connectivity index (χ4n) is 3.19. The molecule has 2 aromatic heterocycles. The summed E-state index contributed by atoms with van der Waals surface area (Å²) in [5.74, 6) is -0.883. The van der Waals surface area contributed by atoms with Crippen molar-refractivity contribution in [3.05, 3.63) is 93.5 Å². The van der Waals surface area contributed by atoms with E-state index in [1.807, 2.05) is 0 Å². The highest BCUT2D eigenvalue weighted by atomic mass is 35.5. The third-order valence-corrected chi connectivity index (χ3v) is 5.35. The van der Waals surface area contributed by atoms with Gasteiger partial charge in [-0.05, 0) is 38.1 Å². The van der Waals surface area contributed by atoms with Crippen molar-refractivity contribution in [3.63, 3.8) is 0 Å². The van der Waals surface area contributed by atoms with E-state index in [1.54, 1.807) is 38.1 Å². The molecule has 0 aliphatic rings. The van der Waals surface area contributed by atoms with Crippen molar-refractivity contribution in [3.8, 4) is 5.75 Å². The Bertz CT molecular complexity index is 1300. The molecule has 0 aliphatic carbocycles. The number of para-hydroxylation sites is 1. The van der Waals surface area contributed by atoms with E-state index >= 15 is 0 Å². The lowest BCUT2D eigenvalue weighted by molar-refractivity contribution is 0.101. The lowest BCUT2D eigenvalue weighted by Crippen LogP contribution is -2.16. The minimum Gasteiger partial charge on any atom is -0.486 e. The summed E-state index contributed by atoms with van der Waals surface area (Å²) in [6, 6.07) is 12.0. The fourth-order valence-corrected chi connectivity index (χ4v) is 3.41. The number of carbonyl (C=O) groups is 1. The first kappa shape index (κ1) is 22.5. The van der Waals surface area contributed by atoms with Gasteiger partial charge in [0.25, 0.3) is 5.91 Å². The van der Waals surface area contributed by atoms with Gasteiger partial charge in [-0.1, -0.05) is 35.0 Å². The number of carbonyl (C=O) groups excluding carboxylic acids is 1. The minimum absolute atomic E-state index is 0.00630. The summed E-state index contributed by atoms with van der Waals surface area (Å²) in [7, 11) is 0. The van der Waals surface area contributed by atoms with Crippen LogP contribution in [-0.2, 0) is 13.2 Å². The molecule has 4 aromatic rings. The molecule has 10 heteroatoms. The average Bonchev–Trinajstić information content (AvgIpc) is 3.32. The Balaban J connectivity index is 1.49. The molecule has 0 saturated carbocycles. The number of hydrogen-bond acceptors (Lipinski definition) is 5. The molecule has 0 atom stereocenters. The van der Waals surface area contributed by atoms with Gasteiger partial charge in [0.05, 0.1) is 12.1 Å². The van der Waals surface area contributed by atoms with Gasteiger partial charge in [0, 0.05) is 22.3 Å². The first-order valence-corrected chi connectivity index (χ1v) is 10.3. The van der Waals surface area contributed by atoms with Gasteiger partial charge < -0.3 is 14.6 Å². The number of halogens is 3. The normalized spacial score (nSPS) is 10.9. The number of aromatic nitrogens is 3. The van der Waals surface area contributed by atoms with Crippen molar-refractivity contribution in [2.24, 2.45) is 0 Å². The SMILES string of the molecule is Cc1onc(C(=O)Nc2cc(C)n(Cc3c(F)cccc3Cl)n2)c1COc1ccccc1F. The van der Waals surface area contributed by atoms with Gasteiger partial charge in [-0.15, -0.1) is 0 Å². The van der Waals surface area contributed by atoms with Crippen LogP contribution in [0.1, 0.15) is 33.1 Å². The van der Waals surface area contributed by atoms with Gasteiger partial charge in [0.15, 0.2) is 23.1 Å². The molecular formula is C23H19ClF2N4O3. The lowest BCUT2D eigenvalue weighted by atomic mass is 10.2. The first-order valence-electron chi connectivity index (χ1n) is 9.94. The van der Waals surface area contributed by atoms with Crippen molar-refractivity contribution in [1.82, 2.24) is 14.9 Å². The smallest absolute Gasteiger partial charge is 0.279 e. The standard InChI is InChI=1S/C23H19ClF2N4O3/c1-13-10-21(28-30(13)11-15-17(24)6-5-8-18(15)25)27-23(31)22-16(14(2)33-29-22)12-32-20-9-4-3-7-19(20)26/h3-10H,11-12H2,1-2H3,(H,27,28,31). The molecule has 0 aliphatic heterocycles. The average molecular weight is 473 g/mol. The summed E-state index contributed by atoms with van der Waals surface area (Å²) in [4.78, 5) is 12.8. The Morgan fingerprint density at radius 3 is 2.64 bits per heavy atom. The second-order valence-electron chi connectivity index (χ2n) is 7.27. The quantitative estimate of drug-likeness (QED) is 0.394. The summed E-state index contributed by atoms with van der Waals surface area (Å²) in [5.41, 5.74) is 1.35. The molecule has 2 aromatic carbocycles. The Morgan fingerprint density at radius 2 is 1.88 bits per heavy atom. The van der Waals surface area contributed by atoms with Crippen molar-refractivity contribution < 1.29 is 22.8 Å². The van der Waals surface area contributed by atoms with Crippen LogP contribution >= 0.6 is 11.6 Å². The number of aryl methyl sites for hydroxylation is 2. The molecule has 170 valence electrons. The van der Waals surface area contributed by atoms with Crippen molar-refractivity contribution in [2.75, 3.05) is 5.32 Å². The second kappa shape index (κ2) is 9.41. The maximum Gasteiger partial charge on any atom is 0.279 e. The molecule has 33 heavy (non-hydrogen) atoms. The Morgan fingerprint density at radius 1 is 1.12 bits per heavy atom. The zero-order valence-corrected chi connectivity index (χ0v) is 18.5. The Labute approximate surface area is 192 Å². The maximum absolute atomic E-state index is 14.1. The van der Waals surface area contributed by atoms with Gasteiger partial charge in [0.1, 0.15) is 18.2 Å². The Kier molecular flexibility index (Phi) is 6.41. The lowest BCUT2D eigenvalue weighted by Gasteiger charge is -2.08. The van der Waals surface area contributed by atoms with E-state index in [-0.39, 0.29) is 35.4 Å². The van der Waals surface area contributed by atoms with Crippen molar-refractivity contribution >= 4 is 23.3 Å². The highest BCUT2D eigenvalue weighted by molar-refractivity contribution is 6.31. The number of rotatable bonds is 7. The van der Waals surface area contributed by atoms with Gasteiger partial charge in [-0.3, -0.25) is 9.48 Å². The van der Waals surface area contributed by atoms with Crippen LogP contribution in [0.4, 0.5) is 14.6 Å². The second-order valence-corrected chi connectivity index (χ2v) is 7.68. The van der Waals surface area contributed by atoms with Gasteiger partial charge in [-0.2, -0.15) is 5.10 Å². The molecular weight excluding hydrogens is 454 g/mol.